The van der Waals surface area contributed by atoms with E-state index in [1.165, 1.54) is 11.1 Å². The maximum Gasteiger partial charge on any atom is 0.0458 e. The second kappa shape index (κ2) is 21.0. The average molecular weight is 557 g/mol. The molecule has 0 N–H and O–H groups in total. The fourth-order valence-electron chi connectivity index (χ4n) is 4.12. The molecule has 4 rings (SSSR count). The van der Waals surface area contributed by atoms with Gasteiger partial charge in [0.05, 0.1) is 0 Å². The summed E-state index contributed by atoms with van der Waals surface area (Å²) in [6.45, 7) is 22.0. The van der Waals surface area contributed by atoms with E-state index in [-0.39, 0.29) is 0 Å². The lowest BCUT2D eigenvalue weighted by Gasteiger charge is -2.26. The first-order valence-electron chi connectivity index (χ1n) is 14.7. The van der Waals surface area contributed by atoms with Gasteiger partial charge in [-0.1, -0.05) is 113 Å². The zero-order valence-electron chi connectivity index (χ0n) is 26.4. The molecule has 2 nitrogen and oxygen atoms in total. The summed E-state index contributed by atoms with van der Waals surface area (Å²) in [6.07, 6.45) is 12.0. The first-order chi connectivity index (χ1) is 20.7. The van der Waals surface area contributed by atoms with Crippen LogP contribution in [-0.4, -0.2) is 0 Å². The van der Waals surface area contributed by atoms with Crippen molar-refractivity contribution < 1.29 is 0 Å². The summed E-state index contributed by atoms with van der Waals surface area (Å²) >= 11 is 0. The van der Waals surface area contributed by atoms with Crippen molar-refractivity contribution in [3.05, 3.63) is 171 Å². The van der Waals surface area contributed by atoms with Crippen LogP contribution in [-0.2, 0) is 0 Å². The van der Waals surface area contributed by atoms with Crippen LogP contribution < -0.4 is 9.80 Å². The van der Waals surface area contributed by atoms with E-state index in [9.17, 15) is 0 Å². The molecule has 0 unspecified atom stereocenters. The molecule has 0 radical (unpaired) electrons. The van der Waals surface area contributed by atoms with Crippen molar-refractivity contribution in [1.82, 2.24) is 0 Å². The number of nitrogens with zero attached hydrogens (tertiary/aromatic N) is 2. The highest BCUT2D eigenvalue weighted by Gasteiger charge is 2.12. The Kier molecular flexibility index (Phi) is 17.6. The lowest BCUT2D eigenvalue weighted by Crippen LogP contribution is -2.14. The monoisotopic (exact) mass is 556 g/mol. The summed E-state index contributed by atoms with van der Waals surface area (Å²) < 4.78 is 0. The van der Waals surface area contributed by atoms with Gasteiger partial charge in [-0.3, -0.25) is 0 Å². The van der Waals surface area contributed by atoms with E-state index in [1.807, 2.05) is 77.2 Å². The molecule has 0 heterocycles. The molecule has 0 aliphatic heterocycles. The molecular formula is C40H48N2. The van der Waals surface area contributed by atoms with Crippen LogP contribution in [0, 0.1) is 0 Å². The maximum absolute atomic E-state index is 3.81. The van der Waals surface area contributed by atoms with Gasteiger partial charge in [0.15, 0.2) is 0 Å². The van der Waals surface area contributed by atoms with Gasteiger partial charge in [0.1, 0.15) is 0 Å². The van der Waals surface area contributed by atoms with Crippen LogP contribution in [0.3, 0.4) is 0 Å². The lowest BCUT2D eigenvalue weighted by atomic mass is 10.0. The van der Waals surface area contributed by atoms with Crippen molar-refractivity contribution in [2.45, 2.75) is 41.5 Å². The van der Waals surface area contributed by atoms with Gasteiger partial charge in [-0.15, -0.1) is 13.2 Å². The number of hydrogen-bond donors (Lipinski definition) is 0. The number of anilines is 4. The first-order valence-corrected chi connectivity index (χ1v) is 14.7. The van der Waals surface area contributed by atoms with Gasteiger partial charge in [-0.2, -0.15) is 0 Å². The Morgan fingerprint density at radius 1 is 0.571 bits per heavy atom. The number of para-hydroxylation sites is 2. The van der Waals surface area contributed by atoms with Gasteiger partial charge in [0, 0.05) is 34.6 Å². The Hall–Kier alpha value is -4.82. The summed E-state index contributed by atoms with van der Waals surface area (Å²) in [4.78, 5) is 4.43. The zero-order chi connectivity index (χ0) is 31.2. The van der Waals surface area contributed by atoms with Crippen LogP contribution in [0.25, 0.3) is 11.1 Å². The standard InChI is InChI=1S/C34H32N2.2C2H6.C2H4/c1-4-6-14-28(3)36(33-17-12-9-13-18-33)34-25-21-30(22-26-34)29-19-23-32(24-20-29)35(27-7-5-2)31-15-10-8-11-16-31;3*1-2/h4-27H,2H2,1,3H3;2*1-2H3;1-2H2/b6-4-,27-7+,28-14+;;;. The number of rotatable bonds is 9. The third kappa shape index (κ3) is 10.3. The number of hydrogen-bond acceptors (Lipinski definition) is 2. The third-order valence-corrected chi connectivity index (χ3v) is 5.91. The van der Waals surface area contributed by atoms with E-state index in [2.05, 4.69) is 134 Å². The van der Waals surface area contributed by atoms with Crippen molar-refractivity contribution in [1.29, 1.82) is 0 Å². The highest BCUT2D eigenvalue weighted by atomic mass is 15.1. The Morgan fingerprint density at radius 3 is 1.43 bits per heavy atom. The van der Waals surface area contributed by atoms with Gasteiger partial charge >= 0.3 is 0 Å². The van der Waals surface area contributed by atoms with Gasteiger partial charge in [-0.25, -0.2) is 0 Å². The molecule has 0 spiro atoms. The topological polar surface area (TPSA) is 6.48 Å². The van der Waals surface area contributed by atoms with Crippen LogP contribution in [0.5, 0.6) is 0 Å². The van der Waals surface area contributed by atoms with Gasteiger partial charge in [0.25, 0.3) is 0 Å². The number of benzene rings is 4. The fourth-order valence-corrected chi connectivity index (χ4v) is 4.12. The van der Waals surface area contributed by atoms with E-state index >= 15 is 0 Å². The van der Waals surface area contributed by atoms with E-state index in [0.717, 1.165) is 28.4 Å². The van der Waals surface area contributed by atoms with Crippen LogP contribution in [0.1, 0.15) is 41.5 Å². The van der Waals surface area contributed by atoms with Crippen molar-refractivity contribution in [2.24, 2.45) is 0 Å². The summed E-state index contributed by atoms with van der Waals surface area (Å²) in [5.41, 5.74) is 7.99. The minimum absolute atomic E-state index is 1.10. The molecule has 4 aromatic carbocycles. The minimum Gasteiger partial charge on any atom is -0.317 e. The lowest BCUT2D eigenvalue weighted by molar-refractivity contribution is 1.16. The van der Waals surface area contributed by atoms with Crippen molar-refractivity contribution >= 4 is 22.7 Å². The molecule has 218 valence electrons. The van der Waals surface area contributed by atoms with Crippen molar-refractivity contribution in [2.75, 3.05) is 9.80 Å². The smallest absolute Gasteiger partial charge is 0.0458 e. The Labute approximate surface area is 256 Å². The Bertz CT molecular complexity index is 1350. The van der Waals surface area contributed by atoms with Crippen molar-refractivity contribution in [3.63, 3.8) is 0 Å². The van der Waals surface area contributed by atoms with Crippen molar-refractivity contribution in [3.8, 4) is 11.1 Å². The van der Waals surface area contributed by atoms with E-state index in [4.69, 9.17) is 0 Å². The molecule has 0 saturated carbocycles. The molecule has 0 fully saturated rings. The minimum atomic E-state index is 1.10. The third-order valence-electron chi connectivity index (χ3n) is 5.91. The molecular weight excluding hydrogens is 508 g/mol. The van der Waals surface area contributed by atoms with E-state index < -0.39 is 0 Å². The van der Waals surface area contributed by atoms with Gasteiger partial charge < -0.3 is 9.80 Å². The average Bonchev–Trinajstić information content (AvgIpc) is 3.08. The normalized spacial score (nSPS) is 10.4. The molecule has 42 heavy (non-hydrogen) atoms. The molecule has 0 amide bonds. The summed E-state index contributed by atoms with van der Waals surface area (Å²) in [5, 5.41) is 0. The Balaban J connectivity index is 0.00000138. The van der Waals surface area contributed by atoms with Gasteiger partial charge in [-0.05, 0) is 85.7 Å². The Morgan fingerprint density at radius 2 is 0.976 bits per heavy atom. The predicted octanol–water partition coefficient (Wildman–Crippen LogP) is 12.7. The van der Waals surface area contributed by atoms with Gasteiger partial charge in [0.2, 0.25) is 0 Å². The highest BCUT2D eigenvalue weighted by Crippen LogP contribution is 2.33. The molecule has 4 aromatic rings. The number of allylic oxidation sites excluding steroid dienone is 6. The predicted molar refractivity (Wildman–Crippen MR) is 191 cm³/mol. The summed E-state index contributed by atoms with van der Waals surface area (Å²) in [6, 6.07) is 38.2. The molecule has 2 heteroatoms. The molecule has 0 atom stereocenters. The maximum atomic E-state index is 3.81. The zero-order valence-corrected chi connectivity index (χ0v) is 26.4. The summed E-state index contributed by atoms with van der Waals surface area (Å²) in [5.74, 6) is 0. The molecule has 0 bridgehead atoms. The summed E-state index contributed by atoms with van der Waals surface area (Å²) in [7, 11) is 0. The second-order valence-corrected chi connectivity index (χ2v) is 8.38. The molecule has 0 aliphatic rings. The van der Waals surface area contributed by atoms with Crippen LogP contribution in [0.15, 0.2) is 171 Å². The first kappa shape index (κ1) is 35.2. The second-order valence-electron chi connectivity index (χ2n) is 8.38. The highest BCUT2D eigenvalue weighted by molar-refractivity contribution is 5.74. The van der Waals surface area contributed by atoms with Crippen LogP contribution in [0.4, 0.5) is 22.7 Å². The fraction of sp³-hybridized carbons (Fsp3) is 0.150. The SMILES string of the molecule is C=C.C=C/C=C/N(c1ccccc1)c1ccc(-c2ccc(N(/C(C)=C/C=C\C)c3ccccc3)cc2)cc1.CC.CC. The van der Waals surface area contributed by atoms with E-state index in [0.29, 0.717) is 0 Å². The largest absolute Gasteiger partial charge is 0.317 e. The van der Waals surface area contributed by atoms with E-state index in [1.54, 1.807) is 6.08 Å². The molecule has 0 saturated heterocycles. The quantitative estimate of drug-likeness (QED) is 0.149. The van der Waals surface area contributed by atoms with Crippen LogP contribution >= 0.6 is 0 Å². The molecule has 0 aromatic heterocycles. The molecule has 0 aliphatic carbocycles. The van der Waals surface area contributed by atoms with Crippen LogP contribution in [0.2, 0.25) is 0 Å².